The number of hydrogen-bond donors (Lipinski definition) is 2. The Morgan fingerprint density at radius 2 is 1.90 bits per heavy atom. The topological polar surface area (TPSA) is 35.5 Å². The molecule has 0 amide bonds. The third-order valence-electron chi connectivity index (χ3n) is 4.18. The van der Waals surface area contributed by atoms with Crippen LogP contribution in [0.4, 0.5) is 0 Å². The molecule has 0 unspecified atom stereocenters. The Balaban J connectivity index is 1.54. The minimum absolute atomic E-state index is 0.421. The summed E-state index contributed by atoms with van der Waals surface area (Å²) in [6.45, 7) is 3.84. The van der Waals surface area contributed by atoms with Crippen LogP contribution in [-0.2, 0) is 6.54 Å². The van der Waals surface area contributed by atoms with Gasteiger partial charge in [-0.1, -0.05) is 43.2 Å². The Morgan fingerprint density at radius 1 is 1.20 bits per heavy atom. The van der Waals surface area contributed by atoms with Crippen LogP contribution in [0.1, 0.15) is 37.7 Å². The molecule has 0 aliphatic heterocycles. The lowest BCUT2D eigenvalue weighted by atomic mass is 10.0. The first kappa shape index (κ1) is 15.5. The molecule has 0 saturated heterocycles. The lowest BCUT2D eigenvalue weighted by Crippen LogP contribution is -2.38. The molecule has 0 heterocycles. The maximum absolute atomic E-state index is 10.2. The van der Waals surface area contributed by atoms with Crippen molar-refractivity contribution in [1.29, 1.82) is 0 Å². The summed E-state index contributed by atoms with van der Waals surface area (Å²) in [6, 6.07) is 10.6. The highest BCUT2D eigenvalue weighted by Gasteiger charge is 2.30. The molecule has 112 valence electrons. The summed E-state index contributed by atoms with van der Waals surface area (Å²) < 4.78 is 0. The standard InChI is InChI=1S/C17H28N2O/c1-19(14-16-8-3-2-4-9-16)13-7-12-18-15-17(20)10-5-6-11-17/h2-4,8-9,18,20H,5-7,10-15H2,1H3. The molecule has 3 nitrogen and oxygen atoms in total. The number of nitrogens with zero attached hydrogens (tertiary/aromatic N) is 1. The van der Waals surface area contributed by atoms with Crippen molar-refractivity contribution in [2.24, 2.45) is 0 Å². The van der Waals surface area contributed by atoms with Gasteiger partial charge >= 0.3 is 0 Å². The van der Waals surface area contributed by atoms with E-state index in [1.54, 1.807) is 0 Å². The summed E-state index contributed by atoms with van der Waals surface area (Å²) in [7, 11) is 2.16. The van der Waals surface area contributed by atoms with Gasteiger partial charge in [-0.15, -0.1) is 0 Å². The van der Waals surface area contributed by atoms with Gasteiger partial charge in [0.25, 0.3) is 0 Å². The Morgan fingerprint density at radius 3 is 2.60 bits per heavy atom. The van der Waals surface area contributed by atoms with Gasteiger partial charge in [-0.2, -0.15) is 0 Å². The minimum Gasteiger partial charge on any atom is -0.389 e. The van der Waals surface area contributed by atoms with Crippen molar-refractivity contribution < 1.29 is 5.11 Å². The van der Waals surface area contributed by atoms with Crippen molar-refractivity contribution in [1.82, 2.24) is 10.2 Å². The molecule has 0 atom stereocenters. The first-order chi connectivity index (χ1) is 9.68. The Bertz CT molecular complexity index is 374. The highest BCUT2D eigenvalue weighted by atomic mass is 16.3. The van der Waals surface area contributed by atoms with Crippen molar-refractivity contribution in [2.75, 3.05) is 26.7 Å². The fourth-order valence-corrected chi connectivity index (χ4v) is 2.98. The van der Waals surface area contributed by atoms with E-state index in [9.17, 15) is 5.11 Å². The second-order valence-electron chi connectivity index (χ2n) is 6.19. The van der Waals surface area contributed by atoms with Crippen LogP contribution in [-0.4, -0.2) is 42.3 Å². The summed E-state index contributed by atoms with van der Waals surface area (Å²) >= 11 is 0. The Kier molecular flexibility index (Phi) is 6.02. The van der Waals surface area contributed by atoms with Crippen LogP contribution in [0.2, 0.25) is 0 Å². The molecule has 2 N–H and O–H groups in total. The predicted molar refractivity (Wildman–Crippen MR) is 83.7 cm³/mol. The number of benzene rings is 1. The van der Waals surface area contributed by atoms with Crippen molar-refractivity contribution in [3.05, 3.63) is 35.9 Å². The number of nitrogens with one attached hydrogen (secondary N) is 1. The molecule has 1 saturated carbocycles. The maximum Gasteiger partial charge on any atom is 0.0771 e. The lowest BCUT2D eigenvalue weighted by molar-refractivity contribution is 0.0477. The van der Waals surface area contributed by atoms with E-state index < -0.39 is 5.60 Å². The van der Waals surface area contributed by atoms with Gasteiger partial charge in [0.1, 0.15) is 0 Å². The molecule has 1 aliphatic rings. The Labute approximate surface area is 123 Å². The predicted octanol–water partition coefficient (Wildman–Crippen LogP) is 2.40. The maximum atomic E-state index is 10.2. The van der Waals surface area contributed by atoms with E-state index in [1.807, 2.05) is 0 Å². The molecule has 1 aromatic carbocycles. The number of hydrogen-bond acceptors (Lipinski definition) is 3. The molecule has 1 aliphatic carbocycles. The molecular weight excluding hydrogens is 248 g/mol. The van der Waals surface area contributed by atoms with Gasteiger partial charge in [0.05, 0.1) is 5.60 Å². The van der Waals surface area contributed by atoms with Gasteiger partial charge in [0.2, 0.25) is 0 Å². The molecule has 0 radical (unpaired) electrons. The number of rotatable bonds is 8. The SMILES string of the molecule is CN(CCCNCC1(O)CCCC1)Cc1ccccc1. The molecule has 2 rings (SSSR count). The van der Waals surface area contributed by atoms with E-state index in [-0.39, 0.29) is 0 Å². The fraction of sp³-hybridized carbons (Fsp3) is 0.647. The summed E-state index contributed by atoms with van der Waals surface area (Å²) in [5.74, 6) is 0. The smallest absolute Gasteiger partial charge is 0.0771 e. The largest absolute Gasteiger partial charge is 0.389 e. The molecule has 1 aromatic rings. The highest BCUT2D eigenvalue weighted by molar-refractivity contribution is 5.14. The number of aliphatic hydroxyl groups is 1. The van der Waals surface area contributed by atoms with Gasteiger partial charge in [0, 0.05) is 13.1 Å². The van der Waals surface area contributed by atoms with Gasteiger partial charge < -0.3 is 15.3 Å². The van der Waals surface area contributed by atoms with Crippen molar-refractivity contribution >= 4 is 0 Å². The van der Waals surface area contributed by atoms with E-state index >= 15 is 0 Å². The molecule has 3 heteroatoms. The normalized spacial score (nSPS) is 17.8. The zero-order valence-corrected chi connectivity index (χ0v) is 12.6. The van der Waals surface area contributed by atoms with Crippen LogP contribution in [0.25, 0.3) is 0 Å². The van der Waals surface area contributed by atoms with Crippen LogP contribution < -0.4 is 5.32 Å². The van der Waals surface area contributed by atoms with Gasteiger partial charge in [-0.05, 0) is 45.0 Å². The minimum atomic E-state index is -0.421. The second-order valence-corrected chi connectivity index (χ2v) is 6.19. The van der Waals surface area contributed by atoms with Gasteiger partial charge in [-0.25, -0.2) is 0 Å². The van der Waals surface area contributed by atoms with Crippen molar-refractivity contribution in [3.8, 4) is 0 Å². The average Bonchev–Trinajstić information content (AvgIpc) is 2.86. The zero-order valence-electron chi connectivity index (χ0n) is 12.6. The zero-order chi connectivity index (χ0) is 14.3. The van der Waals surface area contributed by atoms with Crippen molar-refractivity contribution in [2.45, 2.75) is 44.2 Å². The lowest BCUT2D eigenvalue weighted by Gasteiger charge is -2.23. The van der Waals surface area contributed by atoms with Crippen LogP contribution in [0.5, 0.6) is 0 Å². The quantitative estimate of drug-likeness (QED) is 0.716. The molecule has 0 aromatic heterocycles. The highest BCUT2D eigenvalue weighted by Crippen LogP contribution is 2.28. The summed E-state index contributed by atoms with van der Waals surface area (Å²) in [4.78, 5) is 2.35. The van der Waals surface area contributed by atoms with E-state index in [0.29, 0.717) is 0 Å². The van der Waals surface area contributed by atoms with Crippen LogP contribution in [0.3, 0.4) is 0 Å². The summed E-state index contributed by atoms with van der Waals surface area (Å²) in [6.07, 6.45) is 5.41. The first-order valence-electron chi connectivity index (χ1n) is 7.84. The Hall–Kier alpha value is -0.900. The van der Waals surface area contributed by atoms with E-state index in [4.69, 9.17) is 0 Å². The summed E-state index contributed by atoms with van der Waals surface area (Å²) in [5, 5.41) is 13.6. The molecule has 0 bridgehead atoms. The molecular formula is C17H28N2O. The van der Waals surface area contributed by atoms with Crippen LogP contribution in [0.15, 0.2) is 30.3 Å². The van der Waals surface area contributed by atoms with Crippen LogP contribution in [0, 0.1) is 0 Å². The van der Waals surface area contributed by atoms with Gasteiger partial charge in [0.15, 0.2) is 0 Å². The van der Waals surface area contributed by atoms with Gasteiger partial charge in [-0.3, -0.25) is 0 Å². The molecule has 20 heavy (non-hydrogen) atoms. The van der Waals surface area contributed by atoms with E-state index in [2.05, 4.69) is 47.6 Å². The summed E-state index contributed by atoms with van der Waals surface area (Å²) in [5.41, 5.74) is 0.943. The van der Waals surface area contributed by atoms with E-state index in [1.165, 1.54) is 18.4 Å². The molecule has 1 fully saturated rings. The molecule has 0 spiro atoms. The van der Waals surface area contributed by atoms with Crippen LogP contribution >= 0.6 is 0 Å². The average molecular weight is 276 g/mol. The monoisotopic (exact) mass is 276 g/mol. The third-order valence-corrected chi connectivity index (χ3v) is 4.18. The third kappa shape index (κ3) is 5.23. The fourth-order valence-electron chi connectivity index (χ4n) is 2.98. The van der Waals surface area contributed by atoms with E-state index in [0.717, 1.165) is 45.4 Å². The van der Waals surface area contributed by atoms with Crippen molar-refractivity contribution in [3.63, 3.8) is 0 Å². The second kappa shape index (κ2) is 7.77. The first-order valence-corrected chi connectivity index (χ1v) is 7.84.